The standard InChI is InChI=1S/C73H126N20O25S3/c1-33(2)22-43(86-71(116)57(37(9)10)92-70(115)51-32-121-120-31-39(75)59(104)88-48(28-94)68(113)85-46(26-54(78)100)66(111)84-45(24-35(5)6)65(110)90-50(30-96)69(114)93-58(38(11)97)72(117)91-51)60(105)79-27-55(101)80-40(14-12-13-20-74)61(106)83-44(23-34(3)4)64(109)89-49(29-95)67(112)82-41(15-17-52(76)98)62(107)81-42(16-18-56(102)103)63(108)87-47(25-36(7)8)73(118)119-21-19-53(77)99/h33-51,57-58,94-97H,12-32,74-75H2,1-11H3,(H2,76,98)(H2,77,99)(H2,78,100)(H,79,105)(H,80,101)(H,81,107)(H,82,112)(H,83,106)(H,84,111)(H,85,113)(H,86,116)(H,87,108)(H,88,104)(H,89,109)(H,90,110)(H,91,117)(H,92,115)(H,93,114)(H,102,103)/t38-,39+,40+,41+,42+,43+,44+,45+,46+,47+,48+,49+,50+,51?,57+,58?/m1/s1. The zero-order valence-electron chi connectivity index (χ0n) is 70.0. The van der Waals surface area contributed by atoms with Gasteiger partial charge in [0.05, 0.1) is 51.0 Å². The van der Waals surface area contributed by atoms with Crippen molar-refractivity contribution in [3.63, 3.8) is 0 Å². The number of primary amides is 3. The topological polar surface area (TPSA) is 753 Å². The summed E-state index contributed by atoms with van der Waals surface area (Å²) in [4.78, 5) is 270. The third-order valence-corrected chi connectivity index (χ3v) is 21.3. The van der Waals surface area contributed by atoms with E-state index in [4.69, 9.17) is 28.7 Å². The van der Waals surface area contributed by atoms with E-state index >= 15 is 0 Å². The summed E-state index contributed by atoms with van der Waals surface area (Å²) in [6.07, 6.45) is -4.98. The molecular weight excluding hydrogens is 1650 g/mol. The number of carboxylic acid groups (broad SMARTS) is 1. The van der Waals surface area contributed by atoms with Gasteiger partial charge in [0, 0.05) is 36.5 Å². The maximum absolute atomic E-state index is 14.6. The van der Waals surface area contributed by atoms with Gasteiger partial charge in [-0.05, 0) is 101 Å². The van der Waals surface area contributed by atoms with E-state index in [1.165, 1.54) is 13.8 Å². The molecule has 1 heterocycles. The lowest BCUT2D eigenvalue weighted by Gasteiger charge is -2.29. The first kappa shape index (κ1) is 109. The molecule has 0 aromatic heterocycles. The van der Waals surface area contributed by atoms with Crippen molar-refractivity contribution in [1.82, 2.24) is 79.8 Å². The Morgan fingerprint density at radius 1 is 0.463 bits per heavy atom. The second-order valence-corrected chi connectivity index (χ2v) is 34.6. The highest BCUT2D eigenvalue weighted by Gasteiger charge is 2.40. The monoisotopic (exact) mass is 1780 g/mol. The summed E-state index contributed by atoms with van der Waals surface area (Å²) in [7, 11) is 1.67. The molecule has 30 N–H and O–H groups in total. The number of hydrogen-bond donors (Lipinski definition) is 25. The summed E-state index contributed by atoms with van der Waals surface area (Å²) in [6.45, 7) is 13.6. The lowest BCUT2D eigenvalue weighted by atomic mass is 9.99. The van der Waals surface area contributed by atoms with Gasteiger partial charge in [0.25, 0.3) is 0 Å². The van der Waals surface area contributed by atoms with Crippen molar-refractivity contribution in [3.8, 4) is 0 Å². The van der Waals surface area contributed by atoms with Gasteiger partial charge >= 0.3 is 5.97 Å². The number of carbonyl (C=O) groups excluding carboxylic acids is 19. The number of hydrogen-bond acceptors (Lipinski definition) is 29. The van der Waals surface area contributed by atoms with Crippen LogP contribution in [0.15, 0.2) is 0 Å². The molecule has 16 atom stereocenters. The molecule has 1 aliphatic rings. The summed E-state index contributed by atoms with van der Waals surface area (Å²) in [5.41, 5.74) is 27.9. The lowest BCUT2D eigenvalue weighted by Crippen LogP contribution is -2.63. The van der Waals surface area contributed by atoms with Gasteiger partial charge in [0.15, 0.2) is 0 Å². The van der Waals surface area contributed by atoms with Crippen LogP contribution in [0.4, 0.5) is 0 Å². The molecular formula is C73H126N20O25S3. The van der Waals surface area contributed by atoms with Gasteiger partial charge in [-0.1, -0.05) is 103 Å². The number of carboxylic acids is 1. The van der Waals surface area contributed by atoms with Crippen molar-refractivity contribution >= 4 is 151 Å². The Morgan fingerprint density at radius 2 is 0.901 bits per heavy atom. The summed E-state index contributed by atoms with van der Waals surface area (Å²) in [5, 5.41) is 86.8. The van der Waals surface area contributed by atoms with Gasteiger partial charge in [-0.3, -0.25) is 95.9 Å². The third-order valence-electron chi connectivity index (χ3n) is 17.9. The van der Waals surface area contributed by atoms with Gasteiger partial charge in [0.2, 0.25) is 111 Å². The Morgan fingerprint density at radius 3 is 1.40 bits per heavy atom. The van der Waals surface area contributed by atoms with E-state index in [-0.39, 0.29) is 86.7 Å². The molecule has 1 rings (SSSR count). The van der Waals surface area contributed by atoms with Gasteiger partial charge in [-0.2, -0.15) is 0 Å². The first-order valence-electron chi connectivity index (χ1n) is 39.6. The predicted octanol–water partition coefficient (Wildman–Crippen LogP) is -8.92. The molecule has 1 aliphatic heterocycles. The van der Waals surface area contributed by atoms with E-state index in [0.29, 0.717) is 18.2 Å². The molecule has 0 radical (unpaired) electrons. The molecule has 686 valence electrons. The molecule has 0 aromatic rings. The smallest absolute Gasteiger partial charge is 0.303 e. The van der Waals surface area contributed by atoms with E-state index in [9.17, 15) is 121 Å². The van der Waals surface area contributed by atoms with E-state index in [0.717, 1.165) is 28.5 Å². The van der Waals surface area contributed by atoms with Crippen LogP contribution in [0.3, 0.4) is 0 Å². The Kier molecular flexibility index (Phi) is 51.5. The van der Waals surface area contributed by atoms with Gasteiger partial charge in [-0.25, -0.2) is 0 Å². The highest BCUT2D eigenvalue weighted by atomic mass is 33.1. The number of unbranched alkanes of at least 4 members (excludes halogenated alkanes) is 1. The molecule has 121 heavy (non-hydrogen) atoms. The van der Waals surface area contributed by atoms with Crippen LogP contribution in [0.25, 0.3) is 0 Å². The highest BCUT2D eigenvalue weighted by molar-refractivity contribution is 8.76. The number of nitrogens with two attached hydrogens (primary N) is 5. The van der Waals surface area contributed by atoms with Crippen LogP contribution in [0.2, 0.25) is 0 Å². The fraction of sp³-hybridized carbons (Fsp3) is 0.726. The van der Waals surface area contributed by atoms with Crippen molar-refractivity contribution in [1.29, 1.82) is 0 Å². The molecule has 0 aliphatic carbocycles. The Hall–Kier alpha value is -9.59. The van der Waals surface area contributed by atoms with Crippen LogP contribution in [0.5, 0.6) is 0 Å². The molecule has 18 amide bonds. The summed E-state index contributed by atoms with van der Waals surface area (Å²) in [5.74, 6) is -23.3. The van der Waals surface area contributed by atoms with Crippen LogP contribution in [0.1, 0.15) is 160 Å². The molecule has 2 unspecified atom stereocenters. The number of nitrogens with one attached hydrogen (secondary N) is 15. The molecule has 48 heteroatoms. The lowest BCUT2D eigenvalue weighted by molar-refractivity contribution is -0.138. The van der Waals surface area contributed by atoms with Crippen LogP contribution >= 0.6 is 33.3 Å². The highest BCUT2D eigenvalue weighted by Crippen LogP contribution is 2.24. The number of aliphatic hydroxyl groups is 4. The van der Waals surface area contributed by atoms with E-state index in [1.807, 2.05) is 0 Å². The number of aliphatic carboxylic acids is 1. The van der Waals surface area contributed by atoms with Gasteiger partial charge < -0.3 is 134 Å². The fourth-order valence-corrected chi connectivity index (χ4v) is 14.6. The van der Waals surface area contributed by atoms with Crippen LogP contribution < -0.4 is 108 Å². The number of aliphatic hydroxyl groups excluding tert-OH is 4. The zero-order valence-corrected chi connectivity index (χ0v) is 72.4. The maximum atomic E-state index is 14.6. The van der Waals surface area contributed by atoms with Crippen molar-refractivity contribution in [2.45, 2.75) is 256 Å². The molecule has 0 saturated carbocycles. The normalized spacial score (nSPS) is 20.2. The van der Waals surface area contributed by atoms with E-state index < -0.39 is 284 Å². The van der Waals surface area contributed by atoms with Crippen LogP contribution in [0, 0.1) is 29.6 Å². The fourth-order valence-electron chi connectivity index (χ4n) is 11.5. The van der Waals surface area contributed by atoms with Crippen molar-refractivity contribution in [2.75, 3.05) is 50.2 Å². The minimum atomic E-state index is -1.96. The second kappa shape index (κ2) is 56.9. The van der Waals surface area contributed by atoms with Gasteiger partial charge in [-0.15, -0.1) is 0 Å². The molecule has 1 saturated heterocycles. The van der Waals surface area contributed by atoms with E-state index in [1.54, 1.807) is 55.4 Å². The molecule has 1 fully saturated rings. The third kappa shape index (κ3) is 43.2. The Balaban J connectivity index is 3.64. The first-order chi connectivity index (χ1) is 56.6. The summed E-state index contributed by atoms with van der Waals surface area (Å²) in [6, 6.07) is -24.6. The molecule has 45 nitrogen and oxygen atoms in total. The number of rotatable bonds is 47. The first-order valence-corrected chi connectivity index (χ1v) is 43.0. The van der Waals surface area contributed by atoms with Crippen LogP contribution in [-0.4, -0.2) is 290 Å². The minimum Gasteiger partial charge on any atom is -0.481 e. The van der Waals surface area contributed by atoms with Crippen molar-refractivity contribution in [2.24, 2.45) is 58.3 Å². The minimum absolute atomic E-state index is 0.0183. The number of carbonyl (C=O) groups is 20. The second-order valence-electron chi connectivity index (χ2n) is 31.0. The quantitative estimate of drug-likeness (QED) is 0.0199. The Labute approximate surface area is 713 Å². The van der Waals surface area contributed by atoms with Crippen LogP contribution in [-0.2, 0) is 95.9 Å². The number of amides is 18. The maximum Gasteiger partial charge on any atom is 0.303 e. The zero-order chi connectivity index (χ0) is 92.2. The average molecular weight is 1780 g/mol. The predicted molar refractivity (Wildman–Crippen MR) is 442 cm³/mol. The molecule has 0 bridgehead atoms. The van der Waals surface area contributed by atoms with Gasteiger partial charge in [0.1, 0.15) is 78.5 Å². The number of thioether (sulfide) groups is 1. The molecule has 0 aromatic carbocycles. The van der Waals surface area contributed by atoms with Crippen molar-refractivity contribution in [3.05, 3.63) is 0 Å². The van der Waals surface area contributed by atoms with E-state index in [2.05, 4.69) is 79.8 Å². The average Bonchev–Trinajstić information content (AvgIpc) is 1.20. The largest absolute Gasteiger partial charge is 0.481 e. The van der Waals surface area contributed by atoms with Crippen molar-refractivity contribution < 1.29 is 121 Å². The summed E-state index contributed by atoms with van der Waals surface area (Å²) >= 11 is 0.713. The summed E-state index contributed by atoms with van der Waals surface area (Å²) < 4.78 is 0. The SMILES string of the molecule is CC(C)C[C@H](NC(=O)[C@H](CCCCN)NC(=O)CNC(=O)[C@H](CC(C)C)NC(=O)[C@@H](NC(=O)C1CSSC[C@H](N)C(=O)N[C@@H](CO)C(=O)N[C@@H](CC(N)=O)C(=O)N[C@@H](CC(C)C)C(=O)N[C@@H](CO)C(=O)NC([C@@H](C)O)C(=O)N1)C(C)C)C(=O)N[C@@H](CO)C(=O)N[C@@H](CCC(N)=O)C(=O)N[C@@H](CCC(=O)O)C(=O)N[C@@H](CC(C)C)C(=O)SCCC(N)=O. The molecule has 0 spiro atoms. The Bertz CT molecular complexity index is 3550.